The molecule has 0 aliphatic heterocycles. The molecule has 2 heteroatoms. The van der Waals surface area contributed by atoms with Crippen LogP contribution >= 0.6 is 0 Å². The highest BCUT2D eigenvalue weighted by molar-refractivity contribution is 5.83. The fourth-order valence-electron chi connectivity index (χ4n) is 3.50. The number of benzene rings is 1. The Morgan fingerprint density at radius 2 is 1.73 bits per heavy atom. The van der Waals surface area contributed by atoms with Crippen LogP contribution in [0.15, 0.2) is 48.1 Å². The highest BCUT2D eigenvalue weighted by Crippen LogP contribution is 2.45. The van der Waals surface area contributed by atoms with Crippen molar-refractivity contribution in [2.75, 3.05) is 6.61 Å². The van der Waals surface area contributed by atoms with E-state index < -0.39 is 0 Å². The maximum Gasteiger partial charge on any atom is 0.330 e. The van der Waals surface area contributed by atoms with Crippen molar-refractivity contribution in [2.45, 2.75) is 65.2 Å². The van der Waals surface area contributed by atoms with Gasteiger partial charge >= 0.3 is 5.97 Å². The third-order valence-corrected chi connectivity index (χ3v) is 5.27. The van der Waals surface area contributed by atoms with Gasteiger partial charge in [0.25, 0.3) is 0 Å². The summed E-state index contributed by atoms with van der Waals surface area (Å²) in [5.74, 6) is -0.293. The molecule has 0 radical (unpaired) electrons. The minimum absolute atomic E-state index is 0.226. The van der Waals surface area contributed by atoms with Crippen LogP contribution in [0.4, 0.5) is 0 Å². The summed E-state index contributed by atoms with van der Waals surface area (Å²) in [6.45, 7) is 13.5. The summed E-state index contributed by atoms with van der Waals surface area (Å²) >= 11 is 0. The van der Waals surface area contributed by atoms with E-state index in [0.717, 1.165) is 5.57 Å². The first kappa shape index (κ1) is 20.2. The van der Waals surface area contributed by atoms with Gasteiger partial charge in [0.15, 0.2) is 0 Å². The summed E-state index contributed by atoms with van der Waals surface area (Å²) < 4.78 is 4.91. The second-order valence-electron chi connectivity index (χ2n) is 8.43. The summed E-state index contributed by atoms with van der Waals surface area (Å²) in [4.78, 5) is 11.4. The van der Waals surface area contributed by atoms with Crippen molar-refractivity contribution in [3.8, 4) is 0 Å². The molecule has 2 rings (SSSR count). The van der Waals surface area contributed by atoms with Crippen LogP contribution in [0.3, 0.4) is 0 Å². The van der Waals surface area contributed by atoms with E-state index in [-0.39, 0.29) is 16.8 Å². The van der Waals surface area contributed by atoms with Crippen LogP contribution in [0.2, 0.25) is 0 Å². The number of allylic oxidation sites excluding steroid dienone is 4. The zero-order chi connectivity index (χ0) is 19.4. The van der Waals surface area contributed by atoms with Gasteiger partial charge in [-0.05, 0) is 59.8 Å². The van der Waals surface area contributed by atoms with Crippen LogP contribution in [0.5, 0.6) is 0 Å². The number of hydrogen-bond acceptors (Lipinski definition) is 2. The second kappa shape index (κ2) is 8.07. The van der Waals surface area contributed by atoms with Crippen molar-refractivity contribution in [1.82, 2.24) is 0 Å². The molecule has 0 saturated carbocycles. The smallest absolute Gasteiger partial charge is 0.330 e. The van der Waals surface area contributed by atoms with Gasteiger partial charge in [-0.3, -0.25) is 0 Å². The number of esters is 1. The maximum absolute atomic E-state index is 11.4. The number of ether oxygens (including phenoxy) is 1. The number of carbonyl (C=O) groups excluding carboxylic acids is 1. The largest absolute Gasteiger partial charge is 0.463 e. The van der Waals surface area contributed by atoms with Gasteiger partial charge in [-0.2, -0.15) is 0 Å². The molecule has 0 atom stereocenters. The predicted octanol–water partition coefficient (Wildman–Crippen LogP) is 6.11. The summed E-state index contributed by atoms with van der Waals surface area (Å²) in [6.07, 6.45) is 12.0. The fraction of sp³-hybridized carbons (Fsp3) is 0.458. The first-order chi connectivity index (χ1) is 12.2. The monoisotopic (exact) mass is 352 g/mol. The molecule has 0 spiro atoms. The van der Waals surface area contributed by atoms with Gasteiger partial charge in [-0.15, -0.1) is 0 Å². The molecule has 26 heavy (non-hydrogen) atoms. The third-order valence-electron chi connectivity index (χ3n) is 5.27. The van der Waals surface area contributed by atoms with Gasteiger partial charge in [0.2, 0.25) is 0 Å². The highest BCUT2D eigenvalue weighted by Gasteiger charge is 2.36. The minimum atomic E-state index is -0.293. The fourth-order valence-corrected chi connectivity index (χ4v) is 3.50. The average Bonchev–Trinajstić information content (AvgIpc) is 2.56. The topological polar surface area (TPSA) is 26.3 Å². The normalized spacial score (nSPS) is 18.9. The van der Waals surface area contributed by atoms with E-state index in [1.807, 2.05) is 25.2 Å². The number of carbonyl (C=O) groups is 1. The van der Waals surface area contributed by atoms with Crippen LogP contribution < -0.4 is 0 Å². The lowest BCUT2D eigenvalue weighted by molar-refractivity contribution is -0.137. The molecule has 0 fully saturated rings. The van der Waals surface area contributed by atoms with Crippen molar-refractivity contribution < 1.29 is 9.53 Å². The molecule has 0 heterocycles. The lowest BCUT2D eigenvalue weighted by Gasteiger charge is -2.42. The average molecular weight is 353 g/mol. The first-order valence-corrected chi connectivity index (χ1v) is 9.50. The Morgan fingerprint density at radius 3 is 2.38 bits per heavy atom. The molecule has 0 saturated heterocycles. The Kier molecular flexibility index (Phi) is 6.28. The number of fused-ring (bicyclic) bond motifs is 1. The predicted molar refractivity (Wildman–Crippen MR) is 110 cm³/mol. The van der Waals surface area contributed by atoms with Crippen LogP contribution in [-0.4, -0.2) is 12.6 Å². The minimum Gasteiger partial charge on any atom is -0.463 e. The lowest BCUT2D eigenvalue weighted by Crippen LogP contribution is -2.33. The Labute approximate surface area is 158 Å². The standard InChI is InChI=1S/C24H32O2/c1-7-26-22(25)16-18(2)10-8-9-11-19-12-13-20-21(17-19)24(5,6)15-14-23(20,3)4/h8-13,16-17H,7,14-15H2,1-6H3/b10-8+,11-9+,18-16+. The Balaban J connectivity index is 2.15. The summed E-state index contributed by atoms with van der Waals surface area (Å²) in [6, 6.07) is 6.83. The van der Waals surface area contributed by atoms with Crippen molar-refractivity contribution in [3.05, 3.63) is 64.8 Å². The van der Waals surface area contributed by atoms with Crippen molar-refractivity contribution in [2.24, 2.45) is 0 Å². The first-order valence-electron chi connectivity index (χ1n) is 9.50. The van der Waals surface area contributed by atoms with Crippen LogP contribution in [0.1, 0.15) is 71.1 Å². The molecule has 0 N–H and O–H groups in total. The molecular formula is C24H32O2. The quantitative estimate of drug-likeness (QED) is 0.363. The molecule has 0 amide bonds. The molecule has 0 unspecified atom stereocenters. The molecule has 0 bridgehead atoms. The summed E-state index contributed by atoms with van der Waals surface area (Å²) in [5.41, 5.74) is 5.52. The van der Waals surface area contributed by atoms with Gasteiger partial charge in [-0.25, -0.2) is 4.79 Å². The highest BCUT2D eigenvalue weighted by atomic mass is 16.5. The molecule has 140 valence electrons. The van der Waals surface area contributed by atoms with Crippen LogP contribution in [0.25, 0.3) is 6.08 Å². The van der Waals surface area contributed by atoms with Gasteiger partial charge < -0.3 is 4.74 Å². The van der Waals surface area contributed by atoms with E-state index in [1.165, 1.54) is 35.6 Å². The number of rotatable bonds is 5. The van der Waals surface area contributed by atoms with E-state index in [4.69, 9.17) is 4.74 Å². The van der Waals surface area contributed by atoms with Gasteiger partial charge in [0.1, 0.15) is 0 Å². The van der Waals surface area contributed by atoms with E-state index >= 15 is 0 Å². The zero-order valence-corrected chi connectivity index (χ0v) is 17.1. The molecule has 1 aromatic carbocycles. The molecular weight excluding hydrogens is 320 g/mol. The van der Waals surface area contributed by atoms with E-state index in [1.54, 1.807) is 6.92 Å². The lowest BCUT2D eigenvalue weighted by atomic mass is 9.63. The molecule has 1 aliphatic carbocycles. The van der Waals surface area contributed by atoms with Crippen molar-refractivity contribution >= 4 is 12.0 Å². The Morgan fingerprint density at radius 1 is 1.08 bits per heavy atom. The third kappa shape index (κ3) is 4.97. The maximum atomic E-state index is 11.4. The van der Waals surface area contributed by atoms with Crippen LogP contribution in [0, 0.1) is 0 Å². The van der Waals surface area contributed by atoms with Crippen molar-refractivity contribution in [1.29, 1.82) is 0 Å². The van der Waals surface area contributed by atoms with E-state index in [2.05, 4.69) is 52.0 Å². The molecule has 0 aromatic heterocycles. The van der Waals surface area contributed by atoms with Crippen molar-refractivity contribution in [3.63, 3.8) is 0 Å². The van der Waals surface area contributed by atoms with E-state index in [0.29, 0.717) is 6.61 Å². The molecule has 1 aliphatic rings. The van der Waals surface area contributed by atoms with Gasteiger partial charge in [-0.1, -0.05) is 70.2 Å². The molecule has 2 nitrogen and oxygen atoms in total. The SMILES string of the molecule is CCOC(=O)/C=C(C)/C=C/C=C/c1ccc2c(c1)C(C)(C)CCC2(C)C. The Hall–Kier alpha value is -2.09. The van der Waals surface area contributed by atoms with Gasteiger partial charge in [0.05, 0.1) is 6.61 Å². The zero-order valence-electron chi connectivity index (χ0n) is 17.1. The molecule has 1 aromatic rings. The summed E-state index contributed by atoms with van der Waals surface area (Å²) in [7, 11) is 0. The van der Waals surface area contributed by atoms with Crippen LogP contribution in [-0.2, 0) is 20.4 Å². The number of hydrogen-bond donors (Lipinski definition) is 0. The summed E-state index contributed by atoms with van der Waals surface area (Å²) in [5, 5.41) is 0. The Bertz CT molecular complexity index is 745. The van der Waals surface area contributed by atoms with Gasteiger partial charge in [0, 0.05) is 6.08 Å². The second-order valence-corrected chi connectivity index (χ2v) is 8.43. The van der Waals surface area contributed by atoms with E-state index in [9.17, 15) is 4.79 Å².